The smallest absolute Gasteiger partial charge is 0.410 e. The van der Waals surface area contributed by atoms with Crippen molar-refractivity contribution in [3.63, 3.8) is 0 Å². The lowest BCUT2D eigenvalue weighted by atomic mass is 10.1. The third kappa shape index (κ3) is 56.2. The summed E-state index contributed by atoms with van der Waals surface area (Å²) in [5.74, 6) is -0.319. The summed E-state index contributed by atoms with van der Waals surface area (Å²) in [6.07, 6.45) is 20.5. The van der Waals surface area contributed by atoms with Gasteiger partial charge in [0, 0.05) is 46.6 Å². The molecule has 0 unspecified atom stereocenters. The van der Waals surface area contributed by atoms with Gasteiger partial charge in [-0.1, -0.05) is 89.2 Å². The molecule has 0 aliphatic carbocycles. The Kier molecular flexibility index (Phi) is 41.9. The maximum Gasteiger partial charge on any atom is 0.410 e. The molecule has 0 atom stereocenters. The molecule has 0 fully saturated rings. The van der Waals surface area contributed by atoms with Gasteiger partial charge in [0.25, 0.3) is 10.1 Å². The second kappa shape index (κ2) is 43.3. The number of nitrogens with zero attached hydrogens (tertiary/aromatic N) is 1. The van der Waals surface area contributed by atoms with Crippen LogP contribution in [0.25, 0.3) is 0 Å². The zero-order valence-electron chi connectivity index (χ0n) is 50.8. The van der Waals surface area contributed by atoms with E-state index in [1.807, 2.05) is 86.6 Å². The summed E-state index contributed by atoms with van der Waals surface area (Å²) in [4.78, 5) is 60.3. The number of ether oxygens (including phenoxy) is 5. The fraction of sp³-hybridized carbons (Fsp3) is 0.793. The molecule has 0 aliphatic heterocycles. The van der Waals surface area contributed by atoms with E-state index in [2.05, 4.69) is 37.3 Å². The molecule has 0 aliphatic rings. The number of carbonyl (C=O) groups excluding carboxylic acids is 5. The molecule has 0 aromatic heterocycles. The lowest BCUT2D eigenvalue weighted by Gasteiger charge is -2.23. The quantitative estimate of drug-likeness (QED) is 0.0138. The highest BCUT2D eigenvalue weighted by atomic mass is 32.2. The van der Waals surface area contributed by atoms with Gasteiger partial charge in [0.15, 0.2) is 0 Å². The number of methoxy groups -OCH3 is 1. The van der Waals surface area contributed by atoms with E-state index >= 15 is 0 Å². The van der Waals surface area contributed by atoms with Crippen LogP contribution in [0.1, 0.15) is 220 Å². The Labute approximate surface area is 472 Å². The lowest BCUT2D eigenvalue weighted by Crippen LogP contribution is -2.33. The fourth-order valence-corrected chi connectivity index (χ4v) is 7.55. The lowest BCUT2D eigenvalue weighted by molar-refractivity contribution is 0.0515. The van der Waals surface area contributed by atoms with Gasteiger partial charge in [-0.15, -0.1) is 0 Å². The number of esters is 1. The van der Waals surface area contributed by atoms with Gasteiger partial charge >= 0.3 is 30.3 Å². The van der Waals surface area contributed by atoms with E-state index in [4.69, 9.17) is 29.4 Å². The van der Waals surface area contributed by atoms with Gasteiger partial charge in [-0.25, -0.2) is 24.0 Å². The van der Waals surface area contributed by atoms with E-state index in [0.29, 0.717) is 31.7 Å². The predicted octanol–water partition coefficient (Wildman–Crippen LogP) is 11.9. The number of carbonyl (C=O) groups is 5. The minimum Gasteiger partial charge on any atom is -0.465 e. The van der Waals surface area contributed by atoms with E-state index < -0.39 is 38.6 Å². The first kappa shape index (κ1) is 75.5. The van der Waals surface area contributed by atoms with Crippen LogP contribution in [0.4, 0.5) is 19.2 Å². The Hall–Kier alpha value is -4.53. The molecule has 78 heavy (non-hydrogen) atoms. The van der Waals surface area contributed by atoms with E-state index in [0.717, 1.165) is 148 Å². The molecule has 0 radical (unpaired) electrons. The second-order valence-electron chi connectivity index (χ2n) is 23.2. The highest BCUT2D eigenvalue weighted by Crippen LogP contribution is 2.15. The van der Waals surface area contributed by atoms with Gasteiger partial charge in [-0.2, -0.15) is 8.42 Å². The number of amides is 4. The zero-order valence-corrected chi connectivity index (χ0v) is 51.6. The molecule has 1 aromatic rings. The Morgan fingerprint density at radius 3 is 1.14 bits per heavy atom. The first-order valence-electron chi connectivity index (χ1n) is 28.5. The van der Waals surface area contributed by atoms with Crippen LogP contribution in [-0.4, -0.2) is 132 Å². The first-order valence-corrected chi connectivity index (χ1v) is 30.3. The summed E-state index contributed by atoms with van der Waals surface area (Å²) in [5, 5.41) is 11.1. The molecule has 1 rings (SSSR count). The number of benzene rings is 1. The van der Waals surface area contributed by atoms with Crippen molar-refractivity contribution >= 4 is 40.5 Å². The van der Waals surface area contributed by atoms with Crippen LogP contribution in [0.2, 0.25) is 0 Å². The zero-order chi connectivity index (χ0) is 59.5. The second-order valence-corrected chi connectivity index (χ2v) is 24.9. The molecule has 0 saturated carbocycles. The largest absolute Gasteiger partial charge is 0.465 e. The molecular weight excluding hydrogens is 1020 g/mol. The van der Waals surface area contributed by atoms with Crippen molar-refractivity contribution in [1.29, 1.82) is 0 Å². The van der Waals surface area contributed by atoms with Crippen LogP contribution >= 0.6 is 0 Å². The normalized spacial score (nSPS) is 11.7. The molecule has 0 spiro atoms. The molecule has 0 saturated heterocycles. The van der Waals surface area contributed by atoms with Crippen molar-refractivity contribution in [2.45, 2.75) is 234 Å². The average Bonchev–Trinajstić information content (AvgIpc) is 3.30. The van der Waals surface area contributed by atoms with Gasteiger partial charge in [0.05, 0.1) is 25.5 Å². The van der Waals surface area contributed by atoms with Crippen molar-refractivity contribution in [3.05, 3.63) is 42.3 Å². The summed E-state index contributed by atoms with van der Waals surface area (Å²) in [7, 11) is -1.92. The summed E-state index contributed by atoms with van der Waals surface area (Å²) >= 11 is 0. The fourth-order valence-electron chi connectivity index (χ4n) is 7.13. The summed E-state index contributed by atoms with van der Waals surface area (Å²) in [5.41, 5.74) is 5.07. The van der Waals surface area contributed by atoms with Gasteiger partial charge in [0.2, 0.25) is 5.60 Å². The van der Waals surface area contributed by atoms with Gasteiger partial charge in [-0.3, -0.25) is 9.08 Å². The monoisotopic (exact) mass is 1130 g/mol. The van der Waals surface area contributed by atoms with Crippen LogP contribution in [0, 0.1) is 6.92 Å². The molecule has 1 aromatic carbocycles. The Morgan fingerprint density at radius 2 is 0.821 bits per heavy atom. The Balaban J connectivity index is 0. The number of hydrogen-bond acceptors (Lipinski definition) is 15. The minimum atomic E-state index is -3.32. The number of rotatable bonds is 36. The number of alkyl carbamates (subject to hydrolysis) is 4. The van der Waals surface area contributed by atoms with E-state index in [-0.39, 0.29) is 30.9 Å². The molecule has 20 heteroatoms. The molecule has 4 amide bonds. The standard InChI is InChI=1S/C33H57N3O6.C13H25NO5S.C12H26N2O2/c1-32(2,3)41-30(38)34-22-14-10-8-12-16-24-36(26-27-18-20-28(21-19-27)29(37)40-7)25-17-13-9-11-15-23-35-31(39)42-33(4,5)6;1-13(2,3)19-12(15)14-10-8-6-5-7-9-11-18-20(4,16)17;1-12(2,3)16-11(15)14-10-8-6-4-5-7-9-13/h18-21H,8-17,22-26H2,1-7H3,(H,34,38)(H,35,39);1,5-11H2,2-4H3;4-10,13H2,1-3H3,(H,14,15)/p+1. The van der Waals surface area contributed by atoms with Crippen LogP contribution in [-0.2, 0) is 44.5 Å². The molecule has 454 valence electrons. The number of hydrogen-bond donors (Lipinski definition) is 5. The summed E-state index contributed by atoms with van der Waals surface area (Å²) < 4.78 is 51.5. The third-order valence-electron chi connectivity index (χ3n) is 10.7. The van der Waals surface area contributed by atoms with Crippen molar-refractivity contribution in [1.82, 2.24) is 26.2 Å². The van der Waals surface area contributed by atoms with Crippen LogP contribution in [0.15, 0.2) is 24.3 Å². The number of nitrogens with two attached hydrogens (primary N) is 1. The van der Waals surface area contributed by atoms with Crippen LogP contribution in [0.3, 0.4) is 0 Å². The molecular formula is C58H109N6O13S+. The predicted molar refractivity (Wildman–Crippen MR) is 312 cm³/mol. The Morgan fingerprint density at radius 1 is 0.500 bits per heavy atom. The van der Waals surface area contributed by atoms with Gasteiger partial charge < -0.3 is 50.7 Å². The van der Waals surface area contributed by atoms with Crippen molar-refractivity contribution < 1.29 is 60.3 Å². The number of unbranched alkanes of at least 4 members (excludes halogenated alkanes) is 16. The molecule has 19 nitrogen and oxygen atoms in total. The average molecular weight is 1130 g/mol. The van der Waals surface area contributed by atoms with Crippen molar-refractivity contribution in [2.75, 3.05) is 65.8 Å². The van der Waals surface area contributed by atoms with E-state index in [1.54, 1.807) is 13.8 Å². The summed E-state index contributed by atoms with van der Waals surface area (Å²) in [6.45, 7) is 30.3. The van der Waals surface area contributed by atoms with E-state index in [1.165, 1.54) is 25.5 Å². The van der Waals surface area contributed by atoms with Crippen LogP contribution < -0.4 is 27.0 Å². The van der Waals surface area contributed by atoms with Crippen molar-refractivity contribution in [2.24, 2.45) is 5.73 Å². The maximum atomic E-state index is 11.8. The highest BCUT2D eigenvalue weighted by Gasteiger charge is 2.23. The molecule has 0 heterocycles. The first-order chi connectivity index (χ1) is 36.3. The molecule has 0 bridgehead atoms. The van der Waals surface area contributed by atoms with E-state index in [9.17, 15) is 32.4 Å². The topological polar surface area (TPSA) is 252 Å². The third-order valence-corrected chi connectivity index (χ3v) is 11.3. The Bertz CT molecular complexity index is 1800. The van der Waals surface area contributed by atoms with Gasteiger partial charge in [0.1, 0.15) is 23.7 Å². The van der Waals surface area contributed by atoms with Crippen LogP contribution in [0.5, 0.6) is 0 Å². The number of nitrogens with one attached hydrogen (secondary N) is 4. The van der Waals surface area contributed by atoms with Crippen molar-refractivity contribution in [3.8, 4) is 0 Å². The van der Waals surface area contributed by atoms with Gasteiger partial charge in [-0.05, 0) is 151 Å². The highest BCUT2D eigenvalue weighted by molar-refractivity contribution is 7.85. The molecule has 6 N–H and O–H groups in total. The summed E-state index contributed by atoms with van der Waals surface area (Å²) in [6, 6.07) is 7.68. The maximum absolute atomic E-state index is 11.8. The minimum absolute atomic E-state index is 0.238. The SMILES string of the molecule is CC(C)(C)OC(=O)NCCCCCCCN.COC(=O)c1ccc(CN(CCCCCCCNC(=O)OC(C)(C)C)CCCCCCCNC(=O)OC(C)(C)C)cc1.[CH2+]C(C)(C)OC(=O)NCCCCCCCOS(C)(=O)=O.